The van der Waals surface area contributed by atoms with E-state index in [9.17, 15) is 0 Å². The molecule has 0 N–H and O–H groups in total. The number of nitrogens with zero attached hydrogens (tertiary/aromatic N) is 6. The summed E-state index contributed by atoms with van der Waals surface area (Å²) in [5, 5.41) is 4.70. The minimum Gasteiger partial charge on any atom is -0.456 e. The minimum absolute atomic E-state index is 0.164. The van der Waals surface area contributed by atoms with Gasteiger partial charge in [-0.05, 0) is 163 Å². The molecule has 7 nitrogen and oxygen atoms in total. The van der Waals surface area contributed by atoms with Gasteiger partial charge in [0.2, 0.25) is 0 Å². The lowest BCUT2D eigenvalue weighted by Crippen LogP contribution is -2.27. The summed E-state index contributed by atoms with van der Waals surface area (Å²) >= 11 is 1.84. The molecule has 4 aliphatic rings. The molecule has 4 aliphatic carbocycles. The highest BCUT2D eigenvalue weighted by Gasteiger charge is 2.45. The second kappa shape index (κ2) is 27.1. The Balaban J connectivity index is 0.000000140. The highest BCUT2D eigenvalue weighted by atomic mass is 32.1. The van der Waals surface area contributed by atoms with Crippen molar-refractivity contribution < 1.29 is 4.42 Å². The van der Waals surface area contributed by atoms with Crippen molar-refractivity contribution in [2.75, 3.05) is 0 Å². The maximum absolute atomic E-state index is 6.63. The second-order valence-electron chi connectivity index (χ2n) is 30.2. The van der Waals surface area contributed by atoms with E-state index in [2.05, 4.69) is 267 Å². The van der Waals surface area contributed by atoms with Crippen LogP contribution in [-0.2, 0) is 10.8 Å². The van der Waals surface area contributed by atoms with Gasteiger partial charge in [0.05, 0.1) is 0 Å². The SMILES string of the molecule is c1ccc(-c2ccc(-c3nc(-c4ccccc4)nc(-c4ccc5c(c4)oc4cc(-c6ccc7c(c6)-c6ccccc6C76CCCCC6)ccc45)n3)cc2)cc1.c1ccc(-c2ccc(-c3nc(-c4ccccc4)nc(-c4ccc5c(c4)sc4cc(-c6ccc7c(c6)-c6ccccc6C76CCCCC6)ccc45)n3)cc2)cc1. The number of hydrogen-bond donors (Lipinski definition) is 0. The van der Waals surface area contributed by atoms with Crippen molar-refractivity contribution in [3.8, 4) is 135 Å². The van der Waals surface area contributed by atoms with Gasteiger partial charge in [0.1, 0.15) is 11.2 Å². The molecule has 14 aromatic carbocycles. The molecule has 0 saturated heterocycles. The summed E-state index contributed by atoms with van der Waals surface area (Å²) in [6, 6.07) is 117. The molecule has 22 rings (SSSR count). The van der Waals surface area contributed by atoms with Crippen molar-refractivity contribution in [3.63, 3.8) is 0 Å². The van der Waals surface area contributed by atoms with Crippen LogP contribution in [0.2, 0.25) is 0 Å². The first kappa shape index (κ1) is 65.4. The molecule has 0 atom stereocenters. The maximum Gasteiger partial charge on any atom is 0.164 e. The largest absolute Gasteiger partial charge is 0.456 e. The quantitative estimate of drug-likeness (QED) is 0.135. The number of fused-ring (bicyclic) bond motifs is 16. The van der Waals surface area contributed by atoms with Crippen LogP contribution in [-0.4, -0.2) is 29.9 Å². The van der Waals surface area contributed by atoms with Crippen LogP contribution in [0.3, 0.4) is 0 Å². The summed E-state index contributed by atoms with van der Waals surface area (Å²) in [4.78, 5) is 30.1. The van der Waals surface area contributed by atoms with Gasteiger partial charge in [-0.25, -0.2) is 29.9 Å². The predicted octanol–water partition coefficient (Wildman–Crippen LogP) is 27.1. The zero-order chi connectivity index (χ0) is 72.7. The normalized spacial score (nSPS) is 14.3. The molecular formula is C102H74N6OS. The minimum atomic E-state index is 0.164. The number of benzene rings is 14. The number of hydrogen-bond acceptors (Lipinski definition) is 8. The third kappa shape index (κ3) is 11.5. The maximum atomic E-state index is 6.63. The van der Waals surface area contributed by atoms with Gasteiger partial charge >= 0.3 is 0 Å². The van der Waals surface area contributed by atoms with Gasteiger partial charge in [-0.3, -0.25) is 0 Å². The molecule has 524 valence electrons. The molecule has 2 saturated carbocycles. The molecule has 0 radical (unpaired) electrons. The van der Waals surface area contributed by atoms with Crippen LogP contribution in [0.25, 0.3) is 177 Å². The number of aromatic nitrogens is 6. The van der Waals surface area contributed by atoms with Gasteiger partial charge in [0.25, 0.3) is 0 Å². The van der Waals surface area contributed by atoms with Crippen LogP contribution < -0.4 is 0 Å². The van der Waals surface area contributed by atoms with Gasteiger partial charge in [0, 0.05) is 75.2 Å². The molecule has 0 amide bonds. The Labute approximate surface area is 643 Å². The van der Waals surface area contributed by atoms with Gasteiger partial charge < -0.3 is 4.42 Å². The second-order valence-corrected chi connectivity index (χ2v) is 31.3. The zero-order valence-electron chi connectivity index (χ0n) is 60.7. The van der Waals surface area contributed by atoms with Crippen molar-refractivity contribution in [3.05, 3.63) is 350 Å². The Bertz CT molecular complexity index is 6180. The summed E-state index contributed by atoms with van der Waals surface area (Å²) < 4.78 is 9.14. The van der Waals surface area contributed by atoms with E-state index in [1.807, 2.05) is 72.0 Å². The average Bonchev–Trinajstić information content (AvgIpc) is 1.56. The third-order valence-corrected chi connectivity index (χ3v) is 25.0. The summed E-state index contributed by atoms with van der Waals surface area (Å²) in [7, 11) is 0. The summed E-state index contributed by atoms with van der Waals surface area (Å²) in [5.41, 5.74) is 29.0. The highest BCUT2D eigenvalue weighted by Crippen LogP contribution is 2.58. The number of rotatable bonds is 10. The lowest BCUT2D eigenvalue weighted by Gasteiger charge is -2.36. The Morgan fingerprint density at radius 2 is 0.482 bits per heavy atom. The molecule has 18 aromatic rings. The van der Waals surface area contributed by atoms with Crippen molar-refractivity contribution >= 4 is 53.4 Å². The van der Waals surface area contributed by atoms with E-state index >= 15 is 0 Å². The van der Waals surface area contributed by atoms with Crippen molar-refractivity contribution in [1.29, 1.82) is 0 Å². The fourth-order valence-corrected chi connectivity index (χ4v) is 19.6. The molecule has 2 spiro atoms. The Hall–Kier alpha value is -12.9. The zero-order valence-corrected chi connectivity index (χ0v) is 61.6. The van der Waals surface area contributed by atoms with Crippen molar-refractivity contribution in [1.82, 2.24) is 29.9 Å². The van der Waals surface area contributed by atoms with E-state index in [1.165, 1.54) is 151 Å². The van der Waals surface area contributed by atoms with E-state index in [0.29, 0.717) is 34.9 Å². The van der Waals surface area contributed by atoms with E-state index in [4.69, 9.17) is 34.3 Å². The van der Waals surface area contributed by atoms with Crippen LogP contribution in [0.5, 0.6) is 0 Å². The van der Waals surface area contributed by atoms with Gasteiger partial charge in [-0.15, -0.1) is 11.3 Å². The van der Waals surface area contributed by atoms with Crippen molar-refractivity contribution in [2.45, 2.75) is 75.0 Å². The lowest BCUT2D eigenvalue weighted by atomic mass is 9.68. The Morgan fingerprint density at radius 1 is 0.209 bits per heavy atom. The van der Waals surface area contributed by atoms with Crippen LogP contribution in [0.15, 0.2) is 332 Å². The molecule has 0 bridgehead atoms. The summed E-state index contributed by atoms with van der Waals surface area (Å²) in [6.07, 6.45) is 12.9. The fraction of sp³-hybridized carbons (Fsp3) is 0.118. The standard InChI is InChI=1S/C51H37N3O.C51H37N3S/c2*1-4-12-33(13-5-1)34-18-20-36(21-19-34)49-52-48(35-14-6-2-7-15-35)53-50(54-49)39-23-26-42-41-25-22-38(31-46(41)55-47(42)32-39)37-24-27-45-43(30-37)40-16-8-9-17-44(40)51(45)28-10-3-11-29-51/h2*1-2,4-9,12-27,30-32H,3,10-11,28-29H2. The van der Waals surface area contributed by atoms with Crippen LogP contribution >= 0.6 is 11.3 Å². The van der Waals surface area contributed by atoms with Crippen molar-refractivity contribution in [2.24, 2.45) is 0 Å². The predicted molar refractivity (Wildman–Crippen MR) is 453 cm³/mol. The smallest absolute Gasteiger partial charge is 0.164 e. The average molecular weight is 1430 g/mol. The van der Waals surface area contributed by atoms with Crippen LogP contribution in [0.4, 0.5) is 0 Å². The molecule has 8 heteroatoms. The van der Waals surface area contributed by atoms with Crippen LogP contribution in [0, 0.1) is 0 Å². The summed E-state index contributed by atoms with van der Waals surface area (Å²) in [6.45, 7) is 0. The Kier molecular flexibility index (Phi) is 16.1. The first-order valence-electron chi connectivity index (χ1n) is 38.8. The van der Waals surface area contributed by atoms with Gasteiger partial charge in [0.15, 0.2) is 34.9 Å². The molecule has 0 aliphatic heterocycles. The summed E-state index contributed by atoms with van der Waals surface area (Å²) in [5.74, 6) is 3.87. The third-order valence-electron chi connectivity index (χ3n) is 23.9. The van der Waals surface area contributed by atoms with Gasteiger partial charge in [-0.1, -0.05) is 318 Å². The van der Waals surface area contributed by atoms with E-state index in [-0.39, 0.29) is 10.8 Å². The van der Waals surface area contributed by atoms with Crippen LogP contribution in [0.1, 0.15) is 86.5 Å². The highest BCUT2D eigenvalue weighted by molar-refractivity contribution is 7.25. The van der Waals surface area contributed by atoms with E-state index in [0.717, 1.165) is 72.0 Å². The molecule has 2 fully saturated rings. The van der Waals surface area contributed by atoms with Gasteiger partial charge in [-0.2, -0.15) is 0 Å². The molecule has 4 aromatic heterocycles. The molecular weight excluding hydrogens is 1360 g/mol. The molecule has 0 unspecified atom stereocenters. The first-order chi connectivity index (χ1) is 54.4. The van der Waals surface area contributed by atoms with E-state index < -0.39 is 0 Å². The number of furan rings is 1. The first-order valence-corrected chi connectivity index (χ1v) is 39.6. The topological polar surface area (TPSA) is 90.5 Å². The fourth-order valence-electron chi connectivity index (χ4n) is 18.5. The monoisotopic (exact) mass is 1430 g/mol. The lowest BCUT2D eigenvalue weighted by molar-refractivity contribution is 0.353. The molecule has 4 heterocycles. The Morgan fingerprint density at radius 3 is 0.909 bits per heavy atom. The molecule has 110 heavy (non-hydrogen) atoms. The number of thiophene rings is 1. The van der Waals surface area contributed by atoms with E-state index in [1.54, 1.807) is 5.56 Å².